The van der Waals surface area contributed by atoms with E-state index in [4.69, 9.17) is 15.9 Å². The zero-order valence-corrected chi connectivity index (χ0v) is 27.7. The summed E-state index contributed by atoms with van der Waals surface area (Å²) in [5.41, 5.74) is 6.73. The molecule has 1 aliphatic heterocycles. The summed E-state index contributed by atoms with van der Waals surface area (Å²) in [4.78, 5) is 10.5. The first-order valence-electron chi connectivity index (χ1n) is 13.1. The fraction of sp³-hybridized carbons (Fsp3) is 0.483. The van der Waals surface area contributed by atoms with Crippen LogP contribution in [0.15, 0.2) is 24.5 Å². The molecule has 40 heavy (non-hydrogen) atoms. The zero-order valence-electron chi connectivity index (χ0n) is 23.8. The van der Waals surface area contributed by atoms with Crippen molar-refractivity contribution in [3.8, 4) is 40.6 Å². The third-order valence-electron chi connectivity index (χ3n) is 6.10. The standard InChI is InChI=1S/C27H29F2N6OS.C2H6.K/c1-35-11-9-18(10-12-35)5-7-19-13-20(21-14-22(26(28)29)33-16-24(21)36-2)23(15-32-19)34-27(31)37-25(30)8-6-17-3-4-17;1-2;/h13-18,26-27,30H,3-4,9-12,31H2,1-2H3;1-2H3;/q-1;;+1. The van der Waals surface area contributed by atoms with E-state index in [1.54, 1.807) is 6.07 Å². The Bertz CT molecular complexity index is 1260. The first kappa shape index (κ1) is 34.7. The number of halogens is 2. The van der Waals surface area contributed by atoms with Crippen LogP contribution in [0, 0.1) is 40.9 Å². The number of likely N-dealkylation sites (tertiary alicyclic amines) is 1. The van der Waals surface area contributed by atoms with Gasteiger partial charge in [-0.3, -0.25) is 10.4 Å². The molecule has 11 heteroatoms. The van der Waals surface area contributed by atoms with E-state index in [1.807, 2.05) is 13.8 Å². The van der Waals surface area contributed by atoms with Gasteiger partial charge in [-0.2, -0.15) is 0 Å². The average Bonchev–Trinajstić information content (AvgIpc) is 3.77. The molecule has 0 aromatic carbocycles. The molecule has 1 saturated heterocycles. The first-order valence-corrected chi connectivity index (χ1v) is 14.0. The van der Waals surface area contributed by atoms with Gasteiger partial charge in [-0.05, 0) is 80.9 Å². The monoisotopic (exact) mass is 592 g/mol. The summed E-state index contributed by atoms with van der Waals surface area (Å²) in [6.07, 6.45) is 4.15. The van der Waals surface area contributed by atoms with Crippen LogP contribution in [-0.2, 0) is 0 Å². The number of aromatic nitrogens is 2. The number of hydrogen-bond acceptors (Lipinski definition) is 7. The molecule has 1 atom stereocenters. The molecule has 0 spiro atoms. The van der Waals surface area contributed by atoms with E-state index in [2.05, 4.69) is 50.9 Å². The van der Waals surface area contributed by atoms with Crippen LogP contribution < -0.4 is 61.9 Å². The smallest absolute Gasteiger partial charge is 0.660 e. The number of nitrogens with two attached hydrogens (primary N) is 1. The molecule has 3 N–H and O–H groups in total. The number of methoxy groups -OCH3 is 1. The molecule has 0 amide bonds. The van der Waals surface area contributed by atoms with Crippen LogP contribution >= 0.6 is 11.8 Å². The first-order chi connectivity index (χ1) is 18.8. The number of ether oxygens (including phenoxy) is 1. The number of alkyl halides is 2. The topological polar surface area (TPSA) is 102 Å². The van der Waals surface area contributed by atoms with E-state index >= 15 is 0 Å². The van der Waals surface area contributed by atoms with Gasteiger partial charge < -0.3 is 20.7 Å². The van der Waals surface area contributed by atoms with Crippen LogP contribution in [0.25, 0.3) is 16.4 Å². The SMILES string of the molecule is CC.COc1cnc(C(F)F)cc1-c1cc(C#CC2CCN(C)CC2)ncc1[N-]C(N)SC(=N)C#CC1CC1.[K+]. The molecule has 2 fully saturated rings. The third kappa shape index (κ3) is 10.7. The largest absolute Gasteiger partial charge is 1.00 e. The Morgan fingerprint density at radius 3 is 2.40 bits per heavy atom. The number of rotatable bonds is 6. The van der Waals surface area contributed by atoms with Gasteiger partial charge in [-0.15, -0.1) is 5.69 Å². The van der Waals surface area contributed by atoms with E-state index in [9.17, 15) is 8.78 Å². The molecular formula is C29H35F2KN6OS. The van der Waals surface area contributed by atoms with Crippen LogP contribution in [0.1, 0.15) is 57.3 Å². The van der Waals surface area contributed by atoms with Gasteiger partial charge in [-0.25, -0.2) is 13.8 Å². The van der Waals surface area contributed by atoms with Crippen LogP contribution in [0.5, 0.6) is 5.75 Å². The molecule has 0 bridgehead atoms. The minimum Gasteiger partial charge on any atom is -0.660 e. The van der Waals surface area contributed by atoms with Crippen LogP contribution in [0.3, 0.4) is 0 Å². The van der Waals surface area contributed by atoms with E-state index in [0.29, 0.717) is 34.2 Å². The van der Waals surface area contributed by atoms with Gasteiger partial charge in [0, 0.05) is 23.6 Å². The number of nitrogens with zero attached hydrogens (tertiary/aromatic N) is 4. The molecule has 1 aliphatic carbocycles. The second-order valence-electron chi connectivity index (χ2n) is 9.05. The Labute approximate surface area is 283 Å². The van der Waals surface area contributed by atoms with Crippen molar-refractivity contribution in [1.82, 2.24) is 14.9 Å². The van der Waals surface area contributed by atoms with Crippen molar-refractivity contribution in [2.75, 3.05) is 27.2 Å². The molecule has 4 rings (SSSR count). The van der Waals surface area contributed by atoms with Gasteiger partial charge in [0.25, 0.3) is 6.43 Å². The minimum absolute atomic E-state index is 0. The van der Waals surface area contributed by atoms with E-state index in [-0.39, 0.29) is 68.0 Å². The van der Waals surface area contributed by atoms with Crippen molar-refractivity contribution >= 4 is 22.5 Å². The number of nitrogens with one attached hydrogen (secondary N) is 1. The molecule has 3 heterocycles. The molecule has 1 unspecified atom stereocenters. The summed E-state index contributed by atoms with van der Waals surface area (Å²) in [6, 6.07) is 3.00. The average molecular weight is 593 g/mol. The Kier molecular flexibility index (Phi) is 15.1. The number of hydrogen-bond donors (Lipinski definition) is 2. The summed E-state index contributed by atoms with van der Waals surface area (Å²) >= 11 is 1.02. The maximum atomic E-state index is 13.5. The molecule has 7 nitrogen and oxygen atoms in total. The van der Waals surface area contributed by atoms with Crippen molar-refractivity contribution < 1.29 is 64.9 Å². The second kappa shape index (κ2) is 17.4. The normalized spacial score (nSPS) is 15.7. The fourth-order valence-electron chi connectivity index (χ4n) is 3.82. The zero-order chi connectivity index (χ0) is 28.4. The van der Waals surface area contributed by atoms with Crippen LogP contribution in [-0.4, -0.2) is 52.7 Å². The molecule has 208 valence electrons. The summed E-state index contributed by atoms with van der Waals surface area (Å²) in [6.45, 7) is 5.99. The molecule has 2 aliphatic rings. The van der Waals surface area contributed by atoms with Gasteiger partial charge in [0.1, 0.15) is 22.2 Å². The van der Waals surface area contributed by atoms with Crippen molar-refractivity contribution in [2.45, 2.75) is 51.5 Å². The molecule has 2 aromatic rings. The van der Waals surface area contributed by atoms with Gasteiger partial charge in [-0.1, -0.05) is 37.5 Å². The second-order valence-corrected chi connectivity index (χ2v) is 10.2. The summed E-state index contributed by atoms with van der Waals surface area (Å²) in [7, 11) is 3.54. The number of thioether (sulfide) groups is 1. The Morgan fingerprint density at radius 1 is 1.10 bits per heavy atom. The van der Waals surface area contributed by atoms with E-state index in [1.165, 1.54) is 25.6 Å². The van der Waals surface area contributed by atoms with Gasteiger partial charge in [0.2, 0.25) is 0 Å². The fourth-order valence-corrected chi connectivity index (χ4v) is 4.35. The van der Waals surface area contributed by atoms with Crippen molar-refractivity contribution in [3.05, 3.63) is 41.2 Å². The molecule has 2 aromatic heterocycles. The van der Waals surface area contributed by atoms with Crippen LogP contribution in [0.4, 0.5) is 14.5 Å². The van der Waals surface area contributed by atoms with E-state index in [0.717, 1.165) is 50.5 Å². The molecular weight excluding hydrogens is 558 g/mol. The van der Waals surface area contributed by atoms with Gasteiger partial charge in [0.15, 0.2) is 0 Å². The maximum Gasteiger partial charge on any atom is 1.00 e. The maximum absolute atomic E-state index is 13.5. The Balaban J connectivity index is 0.00000183. The molecule has 1 saturated carbocycles. The van der Waals surface area contributed by atoms with Crippen molar-refractivity contribution in [3.63, 3.8) is 0 Å². The van der Waals surface area contributed by atoms with E-state index < -0.39 is 11.9 Å². The predicted molar refractivity (Wildman–Crippen MR) is 154 cm³/mol. The number of pyridine rings is 2. The van der Waals surface area contributed by atoms with Crippen molar-refractivity contribution in [1.29, 1.82) is 5.41 Å². The summed E-state index contributed by atoms with van der Waals surface area (Å²) in [5, 5.41) is 12.7. The number of piperidine rings is 1. The van der Waals surface area contributed by atoms with Gasteiger partial charge >= 0.3 is 51.4 Å². The van der Waals surface area contributed by atoms with Gasteiger partial charge in [0.05, 0.1) is 13.3 Å². The third-order valence-corrected chi connectivity index (χ3v) is 6.78. The predicted octanol–water partition coefficient (Wildman–Crippen LogP) is 3.18. The summed E-state index contributed by atoms with van der Waals surface area (Å²) in [5.74, 6) is 13.3. The van der Waals surface area contributed by atoms with Crippen molar-refractivity contribution in [2.24, 2.45) is 17.6 Å². The summed E-state index contributed by atoms with van der Waals surface area (Å²) < 4.78 is 32.4. The Morgan fingerprint density at radius 2 is 1.77 bits per heavy atom. The minimum atomic E-state index is -2.75. The van der Waals surface area contributed by atoms with Crippen LogP contribution in [0.2, 0.25) is 0 Å². The quantitative estimate of drug-likeness (QED) is 0.176. The molecule has 0 radical (unpaired) electrons. The Hall–Kier alpha value is -1.54.